The van der Waals surface area contributed by atoms with Crippen LogP contribution in [0.1, 0.15) is 35.2 Å². The zero-order chi connectivity index (χ0) is 19.1. The summed E-state index contributed by atoms with van der Waals surface area (Å²) in [5.41, 5.74) is 0.228. The number of phenolic OH excluding ortho intramolecular Hbond substituents is 1. The normalized spacial score (nSPS) is 21.1. The third-order valence-electron chi connectivity index (χ3n) is 3.84. The van der Waals surface area contributed by atoms with Gasteiger partial charge in [-0.25, -0.2) is 4.79 Å². The lowest BCUT2D eigenvalue weighted by Crippen LogP contribution is -2.12. The third kappa shape index (κ3) is 4.64. The fourth-order valence-electron chi connectivity index (χ4n) is 2.62. The largest absolute Gasteiger partial charge is 0.507 e. The van der Waals surface area contributed by atoms with E-state index in [9.17, 15) is 19.8 Å². The molecule has 1 atom stereocenters. The van der Waals surface area contributed by atoms with Crippen molar-refractivity contribution >= 4 is 17.8 Å². The Bertz CT molecular complexity index is 734. The Hall–Kier alpha value is -2.80. The van der Waals surface area contributed by atoms with Crippen LogP contribution in [-0.4, -0.2) is 48.9 Å². The van der Waals surface area contributed by atoms with Crippen molar-refractivity contribution in [1.82, 2.24) is 0 Å². The van der Waals surface area contributed by atoms with Gasteiger partial charge in [0.1, 0.15) is 11.3 Å². The van der Waals surface area contributed by atoms with Crippen LogP contribution in [0.4, 0.5) is 0 Å². The van der Waals surface area contributed by atoms with E-state index in [1.807, 2.05) is 0 Å². The number of phenols is 1. The molecular weight excluding hydrogens is 340 g/mol. The van der Waals surface area contributed by atoms with Crippen LogP contribution in [0.15, 0.2) is 24.3 Å². The molecule has 0 unspecified atom stereocenters. The van der Waals surface area contributed by atoms with Gasteiger partial charge < -0.3 is 24.4 Å². The van der Waals surface area contributed by atoms with Crippen molar-refractivity contribution in [3.63, 3.8) is 0 Å². The molecule has 0 fully saturated rings. The van der Waals surface area contributed by atoms with Gasteiger partial charge in [0, 0.05) is 18.1 Å². The summed E-state index contributed by atoms with van der Waals surface area (Å²) in [5.74, 6) is -0.718. The number of methoxy groups -OCH3 is 2. The minimum atomic E-state index is -0.855. The molecule has 0 amide bonds. The zero-order valence-corrected chi connectivity index (χ0v) is 14.7. The van der Waals surface area contributed by atoms with Crippen molar-refractivity contribution in [3.05, 3.63) is 35.4 Å². The number of hydrogen-bond acceptors (Lipinski definition) is 7. The smallest absolute Gasteiger partial charge is 0.342 e. The second-order valence-electron chi connectivity index (χ2n) is 5.71. The Morgan fingerprint density at radius 3 is 2.62 bits per heavy atom. The van der Waals surface area contributed by atoms with Gasteiger partial charge in [0.2, 0.25) is 0 Å². The minimum Gasteiger partial charge on any atom is -0.507 e. The van der Waals surface area contributed by atoms with Gasteiger partial charge in [-0.2, -0.15) is 0 Å². The highest BCUT2D eigenvalue weighted by Crippen LogP contribution is 2.40. The van der Waals surface area contributed by atoms with Crippen LogP contribution < -0.4 is 9.47 Å². The standard InChI is InChI=1S/C19H22O7/c1-24-16-11-15(22)17-14(18(16)25-2)8-5-7-13(21)10-12(20)6-3-4-9-26-19(17)23/h3,5-6,8,11,13,21-22H,4,7,9-10H2,1-2H3/b6-3-,8-5+/t13-/m0/s1. The van der Waals surface area contributed by atoms with Crippen LogP contribution in [0.3, 0.4) is 0 Å². The Balaban J connectivity index is 2.51. The van der Waals surface area contributed by atoms with Crippen molar-refractivity contribution in [1.29, 1.82) is 0 Å². The van der Waals surface area contributed by atoms with Crippen LogP contribution in [0.25, 0.3) is 6.08 Å². The number of allylic oxidation sites excluding steroid dienone is 1. The molecule has 0 saturated heterocycles. The molecule has 0 spiro atoms. The second kappa shape index (κ2) is 9.05. The number of fused-ring (bicyclic) bond motifs is 1. The Morgan fingerprint density at radius 1 is 1.15 bits per heavy atom. The molecule has 140 valence electrons. The van der Waals surface area contributed by atoms with Crippen molar-refractivity contribution < 1.29 is 34.0 Å². The van der Waals surface area contributed by atoms with Gasteiger partial charge in [-0.1, -0.05) is 18.2 Å². The second-order valence-corrected chi connectivity index (χ2v) is 5.71. The number of carbonyl (C=O) groups excluding carboxylic acids is 2. The molecule has 7 nitrogen and oxygen atoms in total. The molecule has 2 N–H and O–H groups in total. The lowest BCUT2D eigenvalue weighted by molar-refractivity contribution is -0.116. The number of benzene rings is 1. The fourth-order valence-corrected chi connectivity index (χ4v) is 2.62. The number of ketones is 1. The molecule has 0 saturated carbocycles. The first-order chi connectivity index (χ1) is 12.5. The number of aliphatic hydroxyl groups excluding tert-OH is 1. The summed E-state index contributed by atoms with van der Waals surface area (Å²) >= 11 is 0. The Labute approximate surface area is 151 Å². The summed E-state index contributed by atoms with van der Waals surface area (Å²) in [6.07, 6.45) is 5.75. The molecular formula is C19H22O7. The van der Waals surface area contributed by atoms with E-state index < -0.39 is 12.1 Å². The third-order valence-corrected chi connectivity index (χ3v) is 3.84. The van der Waals surface area contributed by atoms with Crippen LogP contribution in [-0.2, 0) is 9.53 Å². The molecule has 1 heterocycles. The molecule has 0 bridgehead atoms. The zero-order valence-electron chi connectivity index (χ0n) is 14.7. The molecule has 1 aromatic carbocycles. The first kappa shape index (κ1) is 19.5. The van der Waals surface area contributed by atoms with Gasteiger partial charge in [-0.15, -0.1) is 0 Å². The number of aliphatic hydroxyl groups is 1. The predicted molar refractivity (Wildman–Crippen MR) is 94.5 cm³/mol. The topological polar surface area (TPSA) is 102 Å². The van der Waals surface area contributed by atoms with Gasteiger partial charge in [-0.05, 0) is 18.9 Å². The highest BCUT2D eigenvalue weighted by atomic mass is 16.5. The van der Waals surface area contributed by atoms with Crippen molar-refractivity contribution in [3.8, 4) is 17.2 Å². The van der Waals surface area contributed by atoms with E-state index in [0.29, 0.717) is 6.42 Å². The lowest BCUT2D eigenvalue weighted by atomic mass is 10.0. The van der Waals surface area contributed by atoms with Crippen molar-refractivity contribution in [2.45, 2.75) is 25.4 Å². The van der Waals surface area contributed by atoms with Gasteiger partial charge in [0.25, 0.3) is 0 Å². The molecule has 2 rings (SSSR count). The number of esters is 1. The summed E-state index contributed by atoms with van der Waals surface area (Å²) in [4.78, 5) is 24.1. The van der Waals surface area contributed by atoms with E-state index >= 15 is 0 Å². The monoisotopic (exact) mass is 362 g/mol. The van der Waals surface area contributed by atoms with E-state index in [0.717, 1.165) is 0 Å². The molecule has 1 aliphatic rings. The average Bonchev–Trinajstić information content (AvgIpc) is 2.60. The number of aromatic hydroxyl groups is 1. The highest BCUT2D eigenvalue weighted by Gasteiger charge is 2.24. The minimum absolute atomic E-state index is 0.00597. The number of carbonyl (C=O) groups is 2. The lowest BCUT2D eigenvalue weighted by Gasteiger charge is -2.16. The SMILES string of the molecule is COc1cc(O)c2c(c1OC)/C=C/C[C@H](O)CC(=O)/C=C\CCOC2=O. The van der Waals surface area contributed by atoms with Gasteiger partial charge >= 0.3 is 5.97 Å². The van der Waals surface area contributed by atoms with Crippen LogP contribution >= 0.6 is 0 Å². The molecule has 1 aromatic rings. The van der Waals surface area contributed by atoms with E-state index in [1.165, 1.54) is 32.4 Å². The van der Waals surface area contributed by atoms with E-state index in [2.05, 4.69) is 0 Å². The maximum Gasteiger partial charge on any atom is 0.342 e. The van der Waals surface area contributed by atoms with Crippen LogP contribution in [0, 0.1) is 0 Å². The molecule has 0 aromatic heterocycles. The van der Waals surface area contributed by atoms with Crippen LogP contribution in [0.5, 0.6) is 17.2 Å². The summed E-state index contributed by atoms with van der Waals surface area (Å²) in [7, 11) is 2.83. The molecule has 1 aliphatic heterocycles. The highest BCUT2D eigenvalue weighted by molar-refractivity contribution is 5.98. The first-order valence-electron chi connectivity index (χ1n) is 8.17. The maximum absolute atomic E-state index is 12.4. The Morgan fingerprint density at radius 2 is 1.92 bits per heavy atom. The molecule has 0 radical (unpaired) electrons. The summed E-state index contributed by atoms with van der Waals surface area (Å²) in [5, 5.41) is 20.2. The number of rotatable bonds is 2. The predicted octanol–water partition coefficient (Wildman–Crippen LogP) is 2.25. The van der Waals surface area contributed by atoms with Crippen LogP contribution in [0.2, 0.25) is 0 Å². The van der Waals surface area contributed by atoms with E-state index in [-0.39, 0.29) is 53.6 Å². The van der Waals surface area contributed by atoms with E-state index in [1.54, 1.807) is 12.2 Å². The Kier molecular flexibility index (Phi) is 6.80. The van der Waals surface area contributed by atoms with E-state index in [4.69, 9.17) is 14.2 Å². The van der Waals surface area contributed by atoms with Gasteiger partial charge in [0.05, 0.1) is 26.9 Å². The number of cyclic esters (lactones) is 1. The average molecular weight is 362 g/mol. The number of hydrogen-bond donors (Lipinski definition) is 2. The maximum atomic E-state index is 12.4. The summed E-state index contributed by atoms with van der Waals surface area (Å²) in [6.45, 7) is 0.0438. The van der Waals surface area contributed by atoms with Crippen molar-refractivity contribution in [2.24, 2.45) is 0 Å². The molecule has 0 aliphatic carbocycles. The quantitative estimate of drug-likeness (QED) is 0.778. The first-order valence-corrected chi connectivity index (χ1v) is 8.17. The molecule has 7 heteroatoms. The fraction of sp³-hybridized carbons (Fsp3) is 0.368. The van der Waals surface area contributed by atoms with Gasteiger partial charge in [0.15, 0.2) is 17.3 Å². The summed E-state index contributed by atoms with van der Waals surface area (Å²) in [6, 6.07) is 1.28. The van der Waals surface area contributed by atoms with Gasteiger partial charge in [-0.3, -0.25) is 4.79 Å². The number of ether oxygens (including phenoxy) is 3. The van der Waals surface area contributed by atoms with Crippen molar-refractivity contribution in [2.75, 3.05) is 20.8 Å². The summed E-state index contributed by atoms with van der Waals surface area (Å²) < 4.78 is 15.7. The molecule has 26 heavy (non-hydrogen) atoms.